The number of imide groups is 1. The summed E-state index contributed by atoms with van der Waals surface area (Å²) in [5.41, 5.74) is 1.13. The molecule has 1 aliphatic carbocycles. The van der Waals surface area contributed by atoms with Crippen LogP contribution in [0.1, 0.15) is 18.9 Å². The van der Waals surface area contributed by atoms with Crippen LogP contribution in [-0.4, -0.2) is 11.8 Å². The minimum atomic E-state index is -0.267. The molecule has 1 saturated heterocycles. The van der Waals surface area contributed by atoms with Crippen LogP contribution in [0.15, 0.2) is 60.7 Å². The molecule has 0 spiro atoms. The van der Waals surface area contributed by atoms with Crippen LogP contribution in [-0.2, 0) is 9.59 Å². The number of hydrogen-bond donors (Lipinski definition) is 0. The maximum absolute atomic E-state index is 12.8. The van der Waals surface area contributed by atoms with Gasteiger partial charge in [-0.2, -0.15) is 5.26 Å². The second-order valence-corrected chi connectivity index (χ2v) is 6.90. The fourth-order valence-corrected chi connectivity index (χ4v) is 3.80. The molecular weight excluding hydrogens is 340 g/mol. The molecule has 2 aliphatic rings. The Morgan fingerprint density at radius 2 is 1.63 bits per heavy atom. The number of hydrogen-bond acceptors (Lipinski definition) is 4. The summed E-state index contributed by atoms with van der Waals surface area (Å²) in [6.07, 6.45) is 4.63. The molecule has 0 saturated carbocycles. The first-order valence-electron chi connectivity index (χ1n) is 8.91. The molecule has 5 heteroatoms. The van der Waals surface area contributed by atoms with Crippen molar-refractivity contribution in [1.29, 1.82) is 5.26 Å². The molecule has 0 bridgehead atoms. The van der Waals surface area contributed by atoms with Gasteiger partial charge < -0.3 is 4.74 Å². The molecule has 134 valence electrons. The molecule has 4 rings (SSSR count). The molecule has 0 aromatic heterocycles. The third kappa shape index (κ3) is 3.00. The lowest BCUT2D eigenvalue weighted by Gasteiger charge is -2.22. The number of allylic oxidation sites excluding steroid dienone is 2. The molecule has 3 atom stereocenters. The van der Waals surface area contributed by atoms with Gasteiger partial charge in [-0.25, -0.2) is 0 Å². The number of anilines is 1. The SMILES string of the molecule is C[C@@H]1C=CC[C@@H]2C(=O)N(c3ccc(Oc4ccc(C#N)cc4)cc3)C(=O)[C@@H]12. The molecule has 1 heterocycles. The van der Waals surface area contributed by atoms with Crippen LogP contribution in [0.4, 0.5) is 5.69 Å². The lowest BCUT2D eigenvalue weighted by Crippen LogP contribution is -2.31. The van der Waals surface area contributed by atoms with Gasteiger partial charge in [0.15, 0.2) is 0 Å². The van der Waals surface area contributed by atoms with E-state index in [4.69, 9.17) is 10.00 Å². The van der Waals surface area contributed by atoms with Crippen molar-refractivity contribution in [3.8, 4) is 17.6 Å². The summed E-state index contributed by atoms with van der Waals surface area (Å²) in [7, 11) is 0. The van der Waals surface area contributed by atoms with Gasteiger partial charge in [-0.1, -0.05) is 19.1 Å². The molecule has 0 radical (unpaired) electrons. The number of benzene rings is 2. The van der Waals surface area contributed by atoms with E-state index in [2.05, 4.69) is 6.07 Å². The number of ether oxygens (including phenoxy) is 1. The number of fused-ring (bicyclic) bond motifs is 1. The Bertz CT molecular complexity index is 955. The first-order chi connectivity index (χ1) is 13.1. The zero-order chi connectivity index (χ0) is 19.0. The van der Waals surface area contributed by atoms with Gasteiger partial charge in [-0.3, -0.25) is 14.5 Å². The third-order valence-electron chi connectivity index (χ3n) is 5.19. The van der Waals surface area contributed by atoms with E-state index in [0.717, 1.165) is 0 Å². The summed E-state index contributed by atoms with van der Waals surface area (Å²) in [5, 5.41) is 8.83. The normalized spacial score (nSPS) is 23.9. The first kappa shape index (κ1) is 17.0. The van der Waals surface area contributed by atoms with Gasteiger partial charge in [0.1, 0.15) is 11.5 Å². The summed E-state index contributed by atoms with van der Waals surface area (Å²) >= 11 is 0. The Morgan fingerprint density at radius 1 is 1.00 bits per heavy atom. The monoisotopic (exact) mass is 358 g/mol. The molecule has 2 aromatic rings. The zero-order valence-corrected chi connectivity index (χ0v) is 14.8. The molecule has 27 heavy (non-hydrogen) atoms. The summed E-state index contributed by atoms with van der Waals surface area (Å²) in [5.74, 6) is 0.508. The van der Waals surface area contributed by atoms with Gasteiger partial charge in [0.05, 0.1) is 29.2 Å². The molecule has 0 N–H and O–H groups in total. The number of carbonyl (C=O) groups excluding carboxylic acids is 2. The van der Waals surface area contributed by atoms with E-state index >= 15 is 0 Å². The maximum Gasteiger partial charge on any atom is 0.238 e. The Kier molecular flexibility index (Phi) is 4.25. The largest absolute Gasteiger partial charge is 0.457 e. The van der Waals surface area contributed by atoms with Crippen LogP contribution in [0.25, 0.3) is 0 Å². The Balaban J connectivity index is 1.53. The van der Waals surface area contributed by atoms with Crippen LogP contribution in [0.5, 0.6) is 11.5 Å². The minimum absolute atomic E-state index is 0.0733. The van der Waals surface area contributed by atoms with Crippen molar-refractivity contribution < 1.29 is 14.3 Å². The second kappa shape index (κ2) is 6.73. The van der Waals surface area contributed by atoms with Crippen molar-refractivity contribution in [2.24, 2.45) is 17.8 Å². The first-order valence-corrected chi connectivity index (χ1v) is 8.91. The van der Waals surface area contributed by atoms with Gasteiger partial charge in [0.25, 0.3) is 0 Å². The predicted molar refractivity (Wildman–Crippen MR) is 100 cm³/mol. The molecule has 2 amide bonds. The fourth-order valence-electron chi connectivity index (χ4n) is 3.80. The number of carbonyl (C=O) groups is 2. The van der Waals surface area contributed by atoms with Crippen LogP contribution < -0.4 is 9.64 Å². The van der Waals surface area contributed by atoms with Crippen molar-refractivity contribution in [2.75, 3.05) is 4.90 Å². The van der Waals surface area contributed by atoms with E-state index in [1.54, 1.807) is 48.5 Å². The van der Waals surface area contributed by atoms with E-state index in [0.29, 0.717) is 29.2 Å². The van der Waals surface area contributed by atoms with Crippen molar-refractivity contribution in [3.05, 3.63) is 66.2 Å². The van der Waals surface area contributed by atoms with Crippen LogP contribution >= 0.6 is 0 Å². The van der Waals surface area contributed by atoms with Crippen molar-refractivity contribution >= 4 is 17.5 Å². The van der Waals surface area contributed by atoms with Gasteiger partial charge in [0, 0.05) is 0 Å². The van der Waals surface area contributed by atoms with E-state index < -0.39 is 0 Å². The van der Waals surface area contributed by atoms with Crippen LogP contribution in [0.2, 0.25) is 0 Å². The van der Waals surface area contributed by atoms with Gasteiger partial charge in [-0.05, 0) is 60.9 Å². The zero-order valence-electron chi connectivity index (χ0n) is 14.8. The lowest BCUT2D eigenvalue weighted by molar-refractivity contribution is -0.122. The summed E-state index contributed by atoms with van der Waals surface area (Å²) in [6.45, 7) is 1.98. The Labute approximate surface area is 157 Å². The smallest absolute Gasteiger partial charge is 0.238 e. The molecule has 1 fully saturated rings. The highest BCUT2D eigenvalue weighted by Gasteiger charge is 2.50. The number of nitriles is 1. The summed E-state index contributed by atoms with van der Waals surface area (Å²) in [4.78, 5) is 26.9. The van der Waals surface area contributed by atoms with Crippen molar-refractivity contribution in [1.82, 2.24) is 0 Å². The van der Waals surface area contributed by atoms with E-state index in [1.165, 1.54) is 4.90 Å². The van der Waals surface area contributed by atoms with Gasteiger partial charge in [-0.15, -0.1) is 0 Å². The average Bonchev–Trinajstić information content (AvgIpc) is 2.95. The number of amides is 2. The summed E-state index contributed by atoms with van der Waals surface area (Å²) < 4.78 is 5.75. The molecule has 5 nitrogen and oxygen atoms in total. The number of nitrogens with zero attached hydrogens (tertiary/aromatic N) is 2. The molecular formula is C22H18N2O3. The van der Waals surface area contributed by atoms with E-state index in [9.17, 15) is 9.59 Å². The van der Waals surface area contributed by atoms with Crippen molar-refractivity contribution in [3.63, 3.8) is 0 Å². The second-order valence-electron chi connectivity index (χ2n) is 6.90. The third-order valence-corrected chi connectivity index (χ3v) is 5.19. The maximum atomic E-state index is 12.8. The standard InChI is InChI=1S/C22H18N2O3/c1-14-3-2-4-19-20(14)22(26)24(21(19)25)16-7-11-18(12-8-16)27-17-9-5-15(13-23)6-10-17/h2-3,5-12,14,19-20H,4H2,1H3/t14-,19+,20+/m1/s1. The quantitative estimate of drug-likeness (QED) is 0.613. The minimum Gasteiger partial charge on any atom is -0.457 e. The van der Waals surface area contributed by atoms with Gasteiger partial charge >= 0.3 is 0 Å². The van der Waals surface area contributed by atoms with Crippen molar-refractivity contribution in [2.45, 2.75) is 13.3 Å². The highest BCUT2D eigenvalue weighted by atomic mass is 16.5. The van der Waals surface area contributed by atoms with Crippen LogP contribution in [0, 0.1) is 29.1 Å². The molecule has 1 aliphatic heterocycles. The highest BCUT2D eigenvalue weighted by molar-refractivity contribution is 6.22. The fraction of sp³-hybridized carbons (Fsp3) is 0.227. The van der Waals surface area contributed by atoms with Gasteiger partial charge in [0.2, 0.25) is 11.8 Å². The number of rotatable bonds is 3. The highest BCUT2D eigenvalue weighted by Crippen LogP contribution is 2.40. The van der Waals surface area contributed by atoms with E-state index in [-0.39, 0.29) is 29.6 Å². The Hall–Kier alpha value is -3.39. The lowest BCUT2D eigenvalue weighted by atomic mass is 9.78. The average molecular weight is 358 g/mol. The molecule has 0 unspecified atom stereocenters. The topological polar surface area (TPSA) is 70.4 Å². The Morgan fingerprint density at radius 3 is 2.22 bits per heavy atom. The van der Waals surface area contributed by atoms with E-state index in [1.807, 2.05) is 19.1 Å². The molecule has 2 aromatic carbocycles. The van der Waals surface area contributed by atoms with Crippen LogP contribution in [0.3, 0.4) is 0 Å². The summed E-state index contributed by atoms with van der Waals surface area (Å²) in [6, 6.07) is 15.8. The predicted octanol–water partition coefficient (Wildman–Crippen LogP) is 4.05.